The summed E-state index contributed by atoms with van der Waals surface area (Å²) in [6.07, 6.45) is -0.695. The molecule has 168 valence electrons. The molecule has 0 radical (unpaired) electrons. The van der Waals surface area contributed by atoms with E-state index in [9.17, 15) is 9.59 Å². The molecule has 0 aromatic heterocycles. The average molecular weight is 441 g/mol. The fourth-order valence-corrected chi connectivity index (χ4v) is 2.71. The van der Waals surface area contributed by atoms with Crippen molar-refractivity contribution in [1.82, 2.24) is 5.32 Å². The highest BCUT2D eigenvalue weighted by molar-refractivity contribution is 6.31. The largest absolute Gasteiger partial charge is 0.444 e. The lowest BCUT2D eigenvalue weighted by atomic mass is 10.1. The molecule has 3 N–H and O–H groups in total. The molecule has 0 heterocycles. The minimum atomic E-state index is -0.755. The van der Waals surface area contributed by atoms with E-state index in [1.807, 2.05) is 19.1 Å². The minimum Gasteiger partial charge on any atom is -0.444 e. The Balaban J connectivity index is 2.80. The highest BCUT2D eigenvalue weighted by Gasteiger charge is 2.19. The van der Waals surface area contributed by atoms with Gasteiger partial charge in [0.1, 0.15) is 11.2 Å². The van der Waals surface area contributed by atoms with Gasteiger partial charge in [-0.15, -0.1) is 4.99 Å². The molecule has 2 amide bonds. The molecule has 0 aliphatic heterocycles. The molecule has 0 bridgehead atoms. The molecule has 8 nitrogen and oxygen atoms in total. The zero-order chi connectivity index (χ0) is 23.1. The molecular formula is C21H33ClN4O4. The van der Waals surface area contributed by atoms with Crippen LogP contribution >= 0.6 is 11.6 Å². The number of carbonyl (C=O) groups is 2. The van der Waals surface area contributed by atoms with Crippen LogP contribution < -0.4 is 16.0 Å². The Hall–Kier alpha value is -2.48. The number of halogens is 1. The molecule has 30 heavy (non-hydrogen) atoms. The normalized spacial score (nSPS) is 12.3. The summed E-state index contributed by atoms with van der Waals surface area (Å²) in [6.45, 7) is 13.4. The number of aliphatic imine (C=N–C) groups is 1. The molecule has 1 rings (SSSR count). The standard InChI is InChI=1S/C21H33ClN4O4/c1-8-26(17(23)25-19(28)30-21(5,6)7)15-10-9-14(16(22)13-15)11-12-24-18(27)29-20(2,3)4/h9-10,13H,8,11-12H2,1-7H3,(H,24,27)(H2,23,25,28). The Bertz CT molecular complexity index is 782. The number of anilines is 1. The SMILES string of the molecule is CCN(C(N)=NC(=O)OC(C)(C)C)c1ccc(CCNC(=O)OC(C)(C)C)c(Cl)c1. The number of benzene rings is 1. The highest BCUT2D eigenvalue weighted by Crippen LogP contribution is 2.24. The topological polar surface area (TPSA) is 106 Å². The van der Waals surface area contributed by atoms with Crippen LogP contribution in [-0.4, -0.2) is 42.4 Å². The van der Waals surface area contributed by atoms with Crippen LogP contribution in [0.15, 0.2) is 23.2 Å². The van der Waals surface area contributed by atoms with Gasteiger partial charge < -0.3 is 25.4 Å². The summed E-state index contributed by atoms with van der Waals surface area (Å²) in [5.41, 5.74) is 6.35. The van der Waals surface area contributed by atoms with Gasteiger partial charge in [-0.2, -0.15) is 0 Å². The van der Waals surface area contributed by atoms with Crippen molar-refractivity contribution < 1.29 is 19.1 Å². The average Bonchev–Trinajstić information content (AvgIpc) is 2.53. The number of guanidine groups is 1. The van der Waals surface area contributed by atoms with E-state index < -0.39 is 23.4 Å². The Labute approximate surface area is 183 Å². The molecule has 1 aromatic rings. The Kier molecular flexibility index (Phi) is 8.96. The number of nitrogens with one attached hydrogen (secondary N) is 1. The van der Waals surface area contributed by atoms with Gasteiger partial charge >= 0.3 is 12.2 Å². The van der Waals surface area contributed by atoms with Gasteiger partial charge in [-0.3, -0.25) is 0 Å². The fraction of sp³-hybridized carbons (Fsp3) is 0.571. The van der Waals surface area contributed by atoms with Crippen molar-refractivity contribution in [1.29, 1.82) is 0 Å². The minimum absolute atomic E-state index is 0.0159. The van der Waals surface area contributed by atoms with Gasteiger partial charge in [0.25, 0.3) is 0 Å². The summed E-state index contributed by atoms with van der Waals surface area (Å²) in [5.74, 6) is 0.0159. The highest BCUT2D eigenvalue weighted by atomic mass is 35.5. The van der Waals surface area contributed by atoms with E-state index in [-0.39, 0.29) is 5.96 Å². The van der Waals surface area contributed by atoms with Crippen LogP contribution in [0.1, 0.15) is 54.0 Å². The number of hydrogen-bond donors (Lipinski definition) is 2. The number of nitrogens with two attached hydrogens (primary N) is 1. The summed E-state index contributed by atoms with van der Waals surface area (Å²) >= 11 is 6.41. The van der Waals surface area contributed by atoms with E-state index in [4.69, 9.17) is 26.8 Å². The summed E-state index contributed by atoms with van der Waals surface area (Å²) in [4.78, 5) is 29.1. The number of hydrogen-bond acceptors (Lipinski definition) is 4. The van der Waals surface area contributed by atoms with Gasteiger partial charge in [-0.05, 0) is 72.6 Å². The first-order chi connectivity index (χ1) is 13.7. The lowest BCUT2D eigenvalue weighted by Gasteiger charge is -2.23. The lowest BCUT2D eigenvalue weighted by Crippen LogP contribution is -2.38. The molecule has 1 aromatic carbocycles. The molecule has 0 aliphatic carbocycles. The maximum absolute atomic E-state index is 11.9. The monoisotopic (exact) mass is 440 g/mol. The number of alkyl carbamates (subject to hydrolysis) is 1. The summed E-state index contributed by atoms with van der Waals surface area (Å²) < 4.78 is 10.4. The van der Waals surface area contributed by atoms with Crippen molar-refractivity contribution >= 4 is 35.4 Å². The van der Waals surface area contributed by atoms with Gasteiger partial charge in [-0.25, -0.2) is 9.59 Å². The van der Waals surface area contributed by atoms with Crippen LogP contribution in [0.25, 0.3) is 0 Å². The number of nitrogens with zero attached hydrogens (tertiary/aromatic N) is 2. The van der Waals surface area contributed by atoms with Gasteiger partial charge in [0, 0.05) is 23.8 Å². The zero-order valence-electron chi connectivity index (χ0n) is 18.8. The number of amides is 2. The van der Waals surface area contributed by atoms with Gasteiger partial charge in [0.15, 0.2) is 0 Å². The fourth-order valence-electron chi connectivity index (χ4n) is 2.44. The third-order valence-corrected chi connectivity index (χ3v) is 3.95. The Morgan fingerprint density at radius 3 is 2.23 bits per heavy atom. The van der Waals surface area contributed by atoms with Crippen molar-refractivity contribution in [3.05, 3.63) is 28.8 Å². The van der Waals surface area contributed by atoms with Crippen molar-refractivity contribution in [3.8, 4) is 0 Å². The third-order valence-electron chi connectivity index (χ3n) is 3.60. The van der Waals surface area contributed by atoms with Crippen LogP contribution in [-0.2, 0) is 15.9 Å². The Morgan fingerprint density at radius 1 is 1.13 bits per heavy atom. The second kappa shape index (κ2) is 10.5. The van der Waals surface area contributed by atoms with Gasteiger partial charge in [0.05, 0.1) is 0 Å². The first-order valence-corrected chi connectivity index (χ1v) is 10.2. The maximum Gasteiger partial charge on any atom is 0.437 e. The van der Waals surface area contributed by atoms with E-state index in [2.05, 4.69) is 10.3 Å². The summed E-state index contributed by atoms with van der Waals surface area (Å²) in [7, 11) is 0. The second-order valence-corrected chi connectivity index (χ2v) is 9.06. The number of ether oxygens (including phenoxy) is 2. The van der Waals surface area contributed by atoms with E-state index in [1.54, 1.807) is 52.5 Å². The van der Waals surface area contributed by atoms with Crippen molar-refractivity contribution in [2.75, 3.05) is 18.0 Å². The molecular weight excluding hydrogens is 408 g/mol. The van der Waals surface area contributed by atoms with Crippen LogP contribution in [0.4, 0.5) is 15.3 Å². The van der Waals surface area contributed by atoms with Crippen LogP contribution in [0.5, 0.6) is 0 Å². The van der Waals surface area contributed by atoms with E-state index in [0.29, 0.717) is 30.2 Å². The third kappa shape index (κ3) is 9.35. The molecule has 0 spiro atoms. The molecule has 0 aliphatic rings. The molecule has 0 atom stereocenters. The second-order valence-electron chi connectivity index (χ2n) is 8.65. The van der Waals surface area contributed by atoms with Crippen LogP contribution in [0, 0.1) is 0 Å². The number of rotatable bonds is 5. The molecule has 0 unspecified atom stereocenters. The smallest absolute Gasteiger partial charge is 0.437 e. The first kappa shape index (κ1) is 25.6. The van der Waals surface area contributed by atoms with Crippen LogP contribution in [0.3, 0.4) is 0 Å². The maximum atomic E-state index is 11.9. The molecule has 0 saturated carbocycles. The molecule has 0 fully saturated rings. The van der Waals surface area contributed by atoms with E-state index >= 15 is 0 Å². The van der Waals surface area contributed by atoms with Gasteiger partial charge in [0.2, 0.25) is 5.96 Å². The van der Waals surface area contributed by atoms with Crippen molar-refractivity contribution in [3.63, 3.8) is 0 Å². The molecule has 9 heteroatoms. The number of carbonyl (C=O) groups excluding carboxylic acids is 2. The van der Waals surface area contributed by atoms with E-state index in [1.165, 1.54) is 0 Å². The molecule has 0 saturated heterocycles. The Morgan fingerprint density at radius 2 is 1.73 bits per heavy atom. The van der Waals surface area contributed by atoms with Crippen molar-refractivity contribution in [2.45, 2.75) is 66.1 Å². The predicted octanol–water partition coefficient (Wildman–Crippen LogP) is 4.48. The van der Waals surface area contributed by atoms with Crippen molar-refractivity contribution in [2.24, 2.45) is 10.7 Å². The van der Waals surface area contributed by atoms with Gasteiger partial charge in [-0.1, -0.05) is 17.7 Å². The summed E-state index contributed by atoms with van der Waals surface area (Å²) in [5, 5.41) is 3.22. The lowest BCUT2D eigenvalue weighted by molar-refractivity contribution is 0.0526. The summed E-state index contributed by atoms with van der Waals surface area (Å²) in [6, 6.07) is 5.42. The van der Waals surface area contributed by atoms with Crippen LogP contribution in [0.2, 0.25) is 5.02 Å². The first-order valence-electron chi connectivity index (χ1n) is 9.82. The zero-order valence-corrected chi connectivity index (χ0v) is 19.6. The van der Waals surface area contributed by atoms with E-state index in [0.717, 1.165) is 5.56 Å². The quantitative estimate of drug-likeness (QED) is 0.516. The predicted molar refractivity (Wildman–Crippen MR) is 120 cm³/mol.